The number of hydrogen-bond donors (Lipinski definition) is 2. The van der Waals surface area contributed by atoms with Crippen LogP contribution in [0.3, 0.4) is 0 Å². The Labute approximate surface area is 221 Å². The Kier molecular flexibility index (Phi) is 7.81. The molecule has 196 valence electrons. The number of amides is 1. The van der Waals surface area contributed by atoms with Crippen LogP contribution in [-0.2, 0) is 16.1 Å². The first-order valence-electron chi connectivity index (χ1n) is 12.3. The van der Waals surface area contributed by atoms with Gasteiger partial charge in [-0.05, 0) is 53.9 Å². The van der Waals surface area contributed by atoms with Crippen LogP contribution in [-0.4, -0.2) is 53.5 Å². The third kappa shape index (κ3) is 5.39. The maximum Gasteiger partial charge on any atom is 0.335 e. The number of rotatable bonds is 9. The van der Waals surface area contributed by atoms with Crippen molar-refractivity contribution < 1.29 is 29.3 Å². The molecule has 2 N–H and O–H groups in total. The number of hydrogen-bond acceptors (Lipinski definition) is 6. The summed E-state index contributed by atoms with van der Waals surface area (Å²) in [5.41, 5.74) is 2.74. The van der Waals surface area contributed by atoms with Crippen molar-refractivity contribution in [2.45, 2.75) is 25.9 Å². The van der Waals surface area contributed by atoms with Crippen LogP contribution in [0, 0.1) is 0 Å². The van der Waals surface area contributed by atoms with Crippen molar-refractivity contribution in [2.24, 2.45) is 0 Å². The molecule has 38 heavy (non-hydrogen) atoms. The molecule has 8 nitrogen and oxygen atoms in total. The van der Waals surface area contributed by atoms with E-state index in [9.17, 15) is 24.6 Å². The minimum Gasteiger partial charge on any atom is -0.507 e. The summed E-state index contributed by atoms with van der Waals surface area (Å²) in [7, 11) is 3.82. The van der Waals surface area contributed by atoms with E-state index < -0.39 is 23.7 Å². The number of Topliss-reactive ketones (excluding diaryl/α,β-unsaturated/α-hetero) is 1. The molecule has 4 rings (SSSR count). The van der Waals surface area contributed by atoms with Gasteiger partial charge in [-0.2, -0.15) is 0 Å². The van der Waals surface area contributed by atoms with Crippen molar-refractivity contribution >= 4 is 29.1 Å². The van der Waals surface area contributed by atoms with Crippen LogP contribution >= 0.6 is 0 Å². The highest BCUT2D eigenvalue weighted by atomic mass is 16.5. The van der Waals surface area contributed by atoms with Crippen molar-refractivity contribution in [2.75, 3.05) is 25.6 Å². The molecule has 3 aromatic rings. The molecule has 1 atom stereocenters. The Hall–Kier alpha value is -4.59. The minimum atomic E-state index is -1.05. The second-order valence-electron chi connectivity index (χ2n) is 9.29. The molecule has 0 saturated carbocycles. The standard InChI is InChI=1S/C30H30N2O6/c1-4-16-38-24-7-5-6-22(17-24)27(33)25-26(20-12-14-23(15-13-20)31(2)3)32(29(35)28(25)34)18-19-8-10-21(11-9-19)30(36)37/h5-15,17,26,33H,4,16,18H2,1-3H3,(H,36,37)/b27-25+. The molecule has 0 radical (unpaired) electrons. The Morgan fingerprint density at radius 1 is 0.947 bits per heavy atom. The molecule has 0 aromatic heterocycles. The van der Waals surface area contributed by atoms with Gasteiger partial charge in [-0.25, -0.2) is 4.79 Å². The van der Waals surface area contributed by atoms with E-state index in [1.165, 1.54) is 17.0 Å². The van der Waals surface area contributed by atoms with Crippen molar-refractivity contribution in [3.63, 3.8) is 0 Å². The fourth-order valence-electron chi connectivity index (χ4n) is 4.40. The lowest BCUT2D eigenvalue weighted by Crippen LogP contribution is -2.29. The molecule has 0 spiro atoms. The van der Waals surface area contributed by atoms with Gasteiger partial charge in [0.25, 0.3) is 11.7 Å². The summed E-state index contributed by atoms with van der Waals surface area (Å²) in [4.78, 5) is 41.2. The molecule has 1 saturated heterocycles. The summed E-state index contributed by atoms with van der Waals surface area (Å²) in [6.45, 7) is 2.55. The smallest absolute Gasteiger partial charge is 0.335 e. The number of aromatic carboxylic acids is 1. The van der Waals surface area contributed by atoms with Crippen LogP contribution in [0.1, 0.15) is 46.4 Å². The molecule has 1 aliphatic heterocycles. The molecule has 3 aromatic carbocycles. The van der Waals surface area contributed by atoms with E-state index >= 15 is 0 Å². The maximum atomic E-state index is 13.4. The number of aliphatic hydroxyl groups excluding tert-OH is 1. The molecule has 0 bridgehead atoms. The van der Waals surface area contributed by atoms with E-state index in [1.807, 2.05) is 50.2 Å². The SMILES string of the molecule is CCCOc1cccc(/C(O)=C2\C(=O)C(=O)N(Cc3ccc(C(=O)O)cc3)C2c2ccc(N(C)C)cc2)c1. The van der Waals surface area contributed by atoms with Crippen molar-refractivity contribution in [1.29, 1.82) is 0 Å². The molecule has 1 unspecified atom stereocenters. The molecule has 1 aliphatic rings. The van der Waals surface area contributed by atoms with Crippen molar-refractivity contribution in [1.82, 2.24) is 4.90 Å². The van der Waals surface area contributed by atoms with Crippen molar-refractivity contribution in [3.8, 4) is 5.75 Å². The second-order valence-corrected chi connectivity index (χ2v) is 9.29. The predicted octanol–water partition coefficient (Wildman–Crippen LogP) is 4.86. The Morgan fingerprint density at radius 2 is 1.63 bits per heavy atom. The first-order valence-corrected chi connectivity index (χ1v) is 12.3. The largest absolute Gasteiger partial charge is 0.507 e. The third-order valence-electron chi connectivity index (χ3n) is 6.40. The number of ketones is 1. The van der Waals surface area contributed by atoms with Gasteiger partial charge < -0.3 is 24.7 Å². The second kappa shape index (κ2) is 11.2. The quantitative estimate of drug-likeness (QED) is 0.239. The molecule has 0 aliphatic carbocycles. The van der Waals surface area contributed by atoms with Crippen LogP contribution in [0.2, 0.25) is 0 Å². The van der Waals surface area contributed by atoms with E-state index in [0.717, 1.165) is 12.1 Å². The predicted molar refractivity (Wildman–Crippen MR) is 144 cm³/mol. The Bertz CT molecular complexity index is 1380. The highest BCUT2D eigenvalue weighted by Gasteiger charge is 2.46. The molecular weight excluding hydrogens is 484 g/mol. The van der Waals surface area contributed by atoms with Gasteiger partial charge in [0.1, 0.15) is 11.5 Å². The summed E-state index contributed by atoms with van der Waals surface area (Å²) in [5.74, 6) is -2.31. The van der Waals surface area contributed by atoms with Gasteiger partial charge >= 0.3 is 5.97 Å². The number of likely N-dealkylation sites (tertiary alicyclic amines) is 1. The topological polar surface area (TPSA) is 107 Å². The number of benzene rings is 3. The van der Waals surface area contributed by atoms with Crippen LogP contribution in [0.5, 0.6) is 5.75 Å². The maximum absolute atomic E-state index is 13.4. The minimum absolute atomic E-state index is 0.0117. The first kappa shape index (κ1) is 26.5. The molecule has 8 heteroatoms. The van der Waals surface area contributed by atoms with Crippen LogP contribution in [0.4, 0.5) is 5.69 Å². The molecule has 1 amide bonds. The highest BCUT2D eigenvalue weighted by Crippen LogP contribution is 2.41. The van der Waals surface area contributed by atoms with E-state index in [4.69, 9.17) is 4.74 Å². The summed E-state index contributed by atoms with van der Waals surface area (Å²) < 4.78 is 5.69. The Balaban J connectivity index is 1.80. The van der Waals surface area contributed by atoms with Gasteiger partial charge in [0.05, 0.1) is 23.8 Å². The van der Waals surface area contributed by atoms with E-state index in [0.29, 0.717) is 29.0 Å². The zero-order chi connectivity index (χ0) is 27.4. The summed E-state index contributed by atoms with van der Waals surface area (Å²) in [5, 5.41) is 20.6. The monoisotopic (exact) mass is 514 g/mol. The van der Waals surface area contributed by atoms with Crippen molar-refractivity contribution in [3.05, 3.63) is 101 Å². The summed E-state index contributed by atoms with van der Waals surface area (Å²) in [6, 6.07) is 19.5. The number of ether oxygens (including phenoxy) is 1. The third-order valence-corrected chi connectivity index (χ3v) is 6.40. The zero-order valence-corrected chi connectivity index (χ0v) is 21.5. The van der Waals surface area contributed by atoms with Crippen LogP contribution in [0.15, 0.2) is 78.4 Å². The van der Waals surface area contributed by atoms with Crippen LogP contribution < -0.4 is 9.64 Å². The number of carbonyl (C=O) groups is 3. The number of carboxylic acids is 1. The number of aliphatic hydroxyl groups is 1. The summed E-state index contributed by atoms with van der Waals surface area (Å²) in [6.07, 6.45) is 0.817. The number of carbonyl (C=O) groups excluding carboxylic acids is 2. The van der Waals surface area contributed by atoms with Gasteiger partial charge in [0.2, 0.25) is 0 Å². The fraction of sp³-hybridized carbons (Fsp3) is 0.233. The Morgan fingerprint density at radius 3 is 2.24 bits per heavy atom. The molecule has 1 heterocycles. The number of anilines is 1. The van der Waals surface area contributed by atoms with Gasteiger partial charge in [0, 0.05) is 31.9 Å². The molecular formula is C30H30N2O6. The first-order chi connectivity index (χ1) is 18.2. The van der Waals surface area contributed by atoms with E-state index in [1.54, 1.807) is 36.4 Å². The lowest BCUT2D eigenvalue weighted by molar-refractivity contribution is -0.140. The lowest BCUT2D eigenvalue weighted by Gasteiger charge is -2.26. The average Bonchev–Trinajstić information content (AvgIpc) is 3.16. The lowest BCUT2D eigenvalue weighted by atomic mass is 9.95. The van der Waals surface area contributed by atoms with Gasteiger partial charge in [-0.3, -0.25) is 9.59 Å². The number of nitrogens with zero attached hydrogens (tertiary/aromatic N) is 2. The van der Waals surface area contributed by atoms with E-state index in [-0.39, 0.29) is 23.4 Å². The fourth-order valence-corrected chi connectivity index (χ4v) is 4.40. The zero-order valence-electron chi connectivity index (χ0n) is 21.5. The van der Waals surface area contributed by atoms with Gasteiger partial charge in [0.15, 0.2) is 0 Å². The average molecular weight is 515 g/mol. The van der Waals surface area contributed by atoms with E-state index in [2.05, 4.69) is 0 Å². The highest BCUT2D eigenvalue weighted by molar-refractivity contribution is 6.46. The van der Waals surface area contributed by atoms with Gasteiger partial charge in [-0.1, -0.05) is 43.3 Å². The van der Waals surface area contributed by atoms with Gasteiger partial charge in [-0.15, -0.1) is 0 Å². The van der Waals surface area contributed by atoms with Crippen LogP contribution in [0.25, 0.3) is 5.76 Å². The summed E-state index contributed by atoms with van der Waals surface area (Å²) >= 11 is 0. The normalized spacial score (nSPS) is 16.5. The number of carboxylic acid groups (broad SMARTS) is 1. The molecule has 1 fully saturated rings.